The SMILES string of the molecule is CC(C)c1ccnc(-c2[c-]ccc3c2sc2c(-c4ccccc4)c([Si](C)(C)C)ccc23)c1.C[Si](C)(C)c1ccc(C2[CH-]CCCC2)nc1.[Ir]. The van der Waals surface area contributed by atoms with Gasteiger partial charge in [-0.05, 0) is 50.1 Å². The molecular weight excluding hydrogens is 825 g/mol. The molecular formula is C43H50IrN2SSi2-2. The Labute approximate surface area is 314 Å². The summed E-state index contributed by atoms with van der Waals surface area (Å²) < 4.78 is 2.66. The van der Waals surface area contributed by atoms with Crippen LogP contribution in [0.2, 0.25) is 39.3 Å². The number of fused-ring (bicyclic) bond motifs is 3. The van der Waals surface area contributed by atoms with Crippen molar-refractivity contribution < 1.29 is 20.1 Å². The monoisotopic (exact) mass is 875 g/mol. The van der Waals surface area contributed by atoms with Gasteiger partial charge in [-0.25, -0.2) is 0 Å². The summed E-state index contributed by atoms with van der Waals surface area (Å²) in [6.45, 7) is 18.9. The number of hydrogen-bond donors (Lipinski definition) is 0. The minimum atomic E-state index is -1.54. The van der Waals surface area contributed by atoms with Crippen molar-refractivity contribution in [1.29, 1.82) is 0 Å². The fourth-order valence-electron chi connectivity index (χ4n) is 6.74. The molecule has 3 heterocycles. The molecule has 49 heavy (non-hydrogen) atoms. The van der Waals surface area contributed by atoms with Gasteiger partial charge in [0.25, 0.3) is 0 Å². The summed E-state index contributed by atoms with van der Waals surface area (Å²) in [5.41, 5.74) is 7.44. The van der Waals surface area contributed by atoms with Crippen LogP contribution in [0.1, 0.15) is 62.6 Å². The first-order valence-corrected chi connectivity index (χ1v) is 25.5. The van der Waals surface area contributed by atoms with Gasteiger partial charge in [0.1, 0.15) is 0 Å². The van der Waals surface area contributed by atoms with Gasteiger partial charge in [0, 0.05) is 42.9 Å². The summed E-state index contributed by atoms with van der Waals surface area (Å²) in [5.74, 6) is 1.09. The second kappa shape index (κ2) is 15.7. The summed E-state index contributed by atoms with van der Waals surface area (Å²) >= 11 is 1.90. The molecule has 0 spiro atoms. The first-order valence-electron chi connectivity index (χ1n) is 17.6. The molecule has 0 bridgehead atoms. The van der Waals surface area contributed by atoms with Crippen LogP contribution in [0.25, 0.3) is 42.6 Å². The maximum absolute atomic E-state index is 4.73. The number of hydrogen-bond acceptors (Lipinski definition) is 3. The maximum atomic E-state index is 4.73. The van der Waals surface area contributed by atoms with Crippen LogP contribution in [0.4, 0.5) is 0 Å². The smallest absolute Gasteiger partial charge is 0.0796 e. The zero-order valence-electron chi connectivity index (χ0n) is 30.4. The second-order valence-electron chi connectivity index (χ2n) is 15.7. The number of rotatable bonds is 6. The van der Waals surface area contributed by atoms with Crippen LogP contribution in [-0.2, 0) is 20.1 Å². The molecule has 2 nitrogen and oxygen atoms in total. The average Bonchev–Trinajstić information content (AvgIpc) is 3.47. The van der Waals surface area contributed by atoms with E-state index in [0.29, 0.717) is 11.8 Å². The molecule has 1 aliphatic rings. The summed E-state index contributed by atoms with van der Waals surface area (Å²) in [5, 5.41) is 5.62. The Hall–Kier alpha value is -2.74. The van der Waals surface area contributed by atoms with E-state index < -0.39 is 16.1 Å². The van der Waals surface area contributed by atoms with Crippen LogP contribution in [0.15, 0.2) is 91.3 Å². The molecule has 6 aromatic rings. The molecule has 0 saturated heterocycles. The summed E-state index contributed by atoms with van der Waals surface area (Å²) in [4.78, 5) is 9.40. The van der Waals surface area contributed by atoms with E-state index >= 15 is 0 Å². The molecule has 1 fully saturated rings. The topological polar surface area (TPSA) is 25.8 Å². The van der Waals surface area contributed by atoms with Crippen LogP contribution in [0.5, 0.6) is 0 Å². The third kappa shape index (κ3) is 8.43. The molecule has 1 radical (unpaired) electrons. The van der Waals surface area contributed by atoms with Crippen LogP contribution in [0, 0.1) is 12.5 Å². The molecule has 3 aromatic carbocycles. The van der Waals surface area contributed by atoms with Crippen molar-refractivity contribution in [1.82, 2.24) is 9.97 Å². The van der Waals surface area contributed by atoms with Gasteiger partial charge in [-0.3, -0.25) is 4.98 Å². The molecule has 1 saturated carbocycles. The molecule has 257 valence electrons. The Morgan fingerprint density at radius 3 is 2.20 bits per heavy atom. The van der Waals surface area contributed by atoms with Gasteiger partial charge >= 0.3 is 0 Å². The maximum Gasteiger partial charge on any atom is 0.0796 e. The van der Waals surface area contributed by atoms with Gasteiger partial charge in [-0.1, -0.05) is 143 Å². The van der Waals surface area contributed by atoms with E-state index in [-0.39, 0.29) is 20.1 Å². The molecule has 1 aliphatic carbocycles. The third-order valence-electron chi connectivity index (χ3n) is 9.63. The minimum absolute atomic E-state index is 0. The van der Waals surface area contributed by atoms with Crippen molar-refractivity contribution in [3.63, 3.8) is 0 Å². The molecule has 3 aromatic heterocycles. The molecule has 0 aliphatic heterocycles. The van der Waals surface area contributed by atoms with Gasteiger partial charge in [-0.2, -0.15) is 17.8 Å². The van der Waals surface area contributed by atoms with Crippen molar-refractivity contribution in [2.75, 3.05) is 0 Å². The Morgan fingerprint density at radius 1 is 0.816 bits per heavy atom. The van der Waals surface area contributed by atoms with Crippen LogP contribution in [0.3, 0.4) is 0 Å². The van der Waals surface area contributed by atoms with Crippen molar-refractivity contribution >= 4 is 58.0 Å². The Bertz CT molecular complexity index is 2000. The van der Waals surface area contributed by atoms with E-state index in [1.54, 1.807) is 0 Å². The van der Waals surface area contributed by atoms with E-state index in [1.807, 2.05) is 17.5 Å². The first-order chi connectivity index (χ1) is 22.9. The average molecular weight is 875 g/mol. The molecule has 6 heteroatoms. The van der Waals surface area contributed by atoms with Crippen molar-refractivity contribution in [2.24, 2.45) is 0 Å². The number of aromatic nitrogens is 2. The van der Waals surface area contributed by atoms with Crippen LogP contribution >= 0.6 is 11.3 Å². The Balaban J connectivity index is 0.000000233. The van der Waals surface area contributed by atoms with E-state index in [1.165, 1.54) is 78.6 Å². The predicted octanol–water partition coefficient (Wildman–Crippen LogP) is 11.7. The summed E-state index contributed by atoms with van der Waals surface area (Å²) in [6, 6.07) is 32.3. The largest absolute Gasteiger partial charge is 0.320 e. The van der Waals surface area contributed by atoms with Gasteiger partial charge in [-0.15, -0.1) is 29.7 Å². The van der Waals surface area contributed by atoms with Gasteiger partial charge in [0.05, 0.1) is 16.1 Å². The summed E-state index contributed by atoms with van der Waals surface area (Å²) in [7, 11) is -2.72. The molecule has 0 amide bonds. The van der Waals surface area contributed by atoms with Crippen molar-refractivity contribution in [2.45, 2.75) is 90.6 Å². The second-order valence-corrected chi connectivity index (χ2v) is 26.8. The van der Waals surface area contributed by atoms with Gasteiger partial charge in [0.15, 0.2) is 0 Å². The van der Waals surface area contributed by atoms with E-state index in [9.17, 15) is 0 Å². The Kier molecular flexibility index (Phi) is 12.0. The fraction of sp³-hybridized carbons (Fsp3) is 0.326. The fourth-order valence-corrected chi connectivity index (χ4v) is 10.8. The quantitative estimate of drug-likeness (QED) is 0.123. The van der Waals surface area contributed by atoms with E-state index in [2.05, 4.69) is 156 Å². The minimum Gasteiger partial charge on any atom is -0.320 e. The Morgan fingerprint density at radius 2 is 1.57 bits per heavy atom. The summed E-state index contributed by atoms with van der Waals surface area (Å²) in [6.07, 6.45) is 11.8. The third-order valence-corrected chi connectivity index (χ3v) is 14.9. The van der Waals surface area contributed by atoms with Crippen LogP contribution in [-0.4, -0.2) is 26.1 Å². The van der Waals surface area contributed by atoms with Gasteiger partial charge in [0.2, 0.25) is 0 Å². The number of pyridine rings is 2. The predicted molar refractivity (Wildman–Crippen MR) is 217 cm³/mol. The number of nitrogens with zero attached hydrogens (tertiary/aromatic N) is 2. The normalized spacial score (nSPS) is 15.2. The van der Waals surface area contributed by atoms with E-state index in [0.717, 1.165) is 11.3 Å². The molecule has 1 atom stereocenters. The zero-order valence-corrected chi connectivity index (χ0v) is 35.6. The number of thiophene rings is 1. The molecule has 0 N–H and O–H groups in total. The van der Waals surface area contributed by atoms with Crippen molar-refractivity contribution in [3.05, 3.63) is 115 Å². The number of benzene rings is 3. The zero-order chi connectivity index (χ0) is 34.1. The van der Waals surface area contributed by atoms with Gasteiger partial charge < -0.3 is 11.4 Å². The molecule has 1 unspecified atom stereocenters. The molecule has 7 rings (SSSR count). The van der Waals surface area contributed by atoms with Crippen molar-refractivity contribution in [3.8, 4) is 22.4 Å². The standard InChI is InChI=1S/C29H28NSSi.C14H22NSi.Ir/c1-19(2)21-16-17-30-25(18-21)24-13-9-12-22-23-14-15-26(32(3,4)5)27(29(23)31-28(22)24)20-10-7-6-8-11-20;1-16(2,3)13-9-10-14(15-11-13)12-7-5-4-6-8-12;/h6-12,14-19H,1-5H3;7,9-12H,4-6,8H2,1-3H3;/q2*-1;. The van der Waals surface area contributed by atoms with E-state index in [4.69, 9.17) is 4.98 Å². The first kappa shape index (κ1) is 37.5. The van der Waals surface area contributed by atoms with Crippen LogP contribution < -0.4 is 10.4 Å².